The summed E-state index contributed by atoms with van der Waals surface area (Å²) in [5, 5.41) is 3.27. The Balaban J connectivity index is 2.01. The predicted molar refractivity (Wildman–Crippen MR) is 90.9 cm³/mol. The molecule has 2 unspecified atom stereocenters. The van der Waals surface area contributed by atoms with Crippen molar-refractivity contribution in [1.82, 2.24) is 5.32 Å². The molecule has 0 aliphatic heterocycles. The Labute approximate surface area is 130 Å². The largest absolute Gasteiger partial charge is 0.312 e. The Morgan fingerprint density at radius 2 is 1.76 bits per heavy atom. The fraction of sp³-hybridized carbons (Fsp3) is 0.333. The van der Waals surface area contributed by atoms with Crippen molar-refractivity contribution in [2.75, 3.05) is 12.8 Å². The van der Waals surface area contributed by atoms with Crippen molar-refractivity contribution < 1.29 is 4.21 Å². The SMILES string of the molecule is CNC(CS(=O)Cc1cccc(C)c1)c1ccc(C)cc1. The van der Waals surface area contributed by atoms with Crippen molar-refractivity contribution in [2.45, 2.75) is 25.6 Å². The predicted octanol–water partition coefficient (Wildman–Crippen LogP) is 3.51. The van der Waals surface area contributed by atoms with Crippen molar-refractivity contribution in [3.63, 3.8) is 0 Å². The van der Waals surface area contributed by atoms with Gasteiger partial charge in [-0.2, -0.15) is 0 Å². The number of rotatable bonds is 6. The highest BCUT2D eigenvalue weighted by molar-refractivity contribution is 7.84. The summed E-state index contributed by atoms with van der Waals surface area (Å²) in [6.45, 7) is 4.14. The smallest absolute Gasteiger partial charge is 0.0486 e. The fourth-order valence-corrected chi connectivity index (χ4v) is 3.78. The summed E-state index contributed by atoms with van der Waals surface area (Å²) >= 11 is 0. The van der Waals surface area contributed by atoms with Gasteiger partial charge >= 0.3 is 0 Å². The van der Waals surface area contributed by atoms with Crippen LogP contribution in [0.2, 0.25) is 0 Å². The summed E-state index contributed by atoms with van der Waals surface area (Å²) in [6.07, 6.45) is 0. The fourth-order valence-electron chi connectivity index (χ4n) is 2.38. The Bertz CT molecular complexity index is 607. The van der Waals surface area contributed by atoms with Crippen LogP contribution in [0.3, 0.4) is 0 Å². The zero-order chi connectivity index (χ0) is 15.2. The van der Waals surface area contributed by atoms with E-state index in [0.717, 1.165) is 5.56 Å². The molecule has 0 fully saturated rings. The van der Waals surface area contributed by atoms with E-state index in [9.17, 15) is 4.21 Å². The van der Waals surface area contributed by atoms with Gasteiger partial charge < -0.3 is 5.32 Å². The molecule has 2 aromatic carbocycles. The minimum Gasteiger partial charge on any atom is -0.312 e. The third-order valence-corrected chi connectivity index (χ3v) is 4.95. The summed E-state index contributed by atoms with van der Waals surface area (Å²) in [6, 6.07) is 16.8. The number of nitrogens with one attached hydrogen (secondary N) is 1. The molecule has 0 amide bonds. The first-order chi connectivity index (χ1) is 10.1. The van der Waals surface area contributed by atoms with E-state index in [1.165, 1.54) is 16.7 Å². The third kappa shape index (κ3) is 4.80. The zero-order valence-corrected chi connectivity index (χ0v) is 13.7. The highest BCUT2D eigenvalue weighted by atomic mass is 32.2. The van der Waals surface area contributed by atoms with Crippen LogP contribution in [0.15, 0.2) is 48.5 Å². The lowest BCUT2D eigenvalue weighted by Crippen LogP contribution is -2.23. The van der Waals surface area contributed by atoms with Gasteiger partial charge in [0.1, 0.15) is 0 Å². The molecule has 0 bridgehead atoms. The number of benzene rings is 2. The number of hydrogen-bond acceptors (Lipinski definition) is 2. The average molecular weight is 301 g/mol. The number of aryl methyl sites for hydroxylation is 2. The average Bonchev–Trinajstić information content (AvgIpc) is 2.46. The van der Waals surface area contributed by atoms with Crippen LogP contribution in [0.4, 0.5) is 0 Å². The summed E-state index contributed by atoms with van der Waals surface area (Å²) < 4.78 is 12.4. The summed E-state index contributed by atoms with van der Waals surface area (Å²) in [5.74, 6) is 1.25. The van der Waals surface area contributed by atoms with E-state index >= 15 is 0 Å². The molecular weight excluding hydrogens is 278 g/mol. The van der Waals surface area contributed by atoms with E-state index in [-0.39, 0.29) is 6.04 Å². The van der Waals surface area contributed by atoms with E-state index in [2.05, 4.69) is 55.6 Å². The Morgan fingerprint density at radius 3 is 2.38 bits per heavy atom. The molecule has 2 rings (SSSR count). The molecule has 0 saturated carbocycles. The Hall–Kier alpha value is -1.45. The highest BCUT2D eigenvalue weighted by Crippen LogP contribution is 2.16. The molecule has 0 spiro atoms. The van der Waals surface area contributed by atoms with Crippen LogP contribution in [0.5, 0.6) is 0 Å². The van der Waals surface area contributed by atoms with Crippen molar-refractivity contribution in [3.8, 4) is 0 Å². The molecule has 0 saturated heterocycles. The maximum atomic E-state index is 12.4. The zero-order valence-electron chi connectivity index (χ0n) is 12.9. The van der Waals surface area contributed by atoms with E-state index in [1.807, 2.05) is 19.2 Å². The summed E-state index contributed by atoms with van der Waals surface area (Å²) in [7, 11) is 1.05. The van der Waals surface area contributed by atoms with E-state index in [4.69, 9.17) is 0 Å². The van der Waals surface area contributed by atoms with Crippen LogP contribution in [0.25, 0.3) is 0 Å². The standard InChI is InChI=1S/C18H23NOS/c1-14-7-9-17(10-8-14)18(19-3)13-21(20)12-16-6-4-5-15(2)11-16/h4-11,18-19H,12-13H2,1-3H3. The molecule has 2 aromatic rings. The first-order valence-electron chi connectivity index (χ1n) is 7.23. The molecule has 1 N–H and O–H groups in total. The lowest BCUT2D eigenvalue weighted by molar-refractivity contribution is 0.635. The molecule has 112 valence electrons. The molecule has 21 heavy (non-hydrogen) atoms. The van der Waals surface area contributed by atoms with Crippen LogP contribution < -0.4 is 5.32 Å². The Kier molecular flexibility index (Phi) is 5.71. The van der Waals surface area contributed by atoms with Crippen molar-refractivity contribution in [3.05, 3.63) is 70.8 Å². The summed E-state index contributed by atoms with van der Waals surface area (Å²) in [5.41, 5.74) is 4.80. The first kappa shape index (κ1) is 15.9. The van der Waals surface area contributed by atoms with Gasteiger partial charge in [0.05, 0.1) is 0 Å². The quantitative estimate of drug-likeness (QED) is 0.884. The van der Waals surface area contributed by atoms with Gasteiger partial charge in [-0.15, -0.1) is 0 Å². The molecule has 0 aliphatic rings. The van der Waals surface area contributed by atoms with Gasteiger partial charge in [-0.25, -0.2) is 0 Å². The molecule has 2 atom stereocenters. The second kappa shape index (κ2) is 7.53. The van der Waals surface area contributed by atoms with Gasteiger partial charge in [-0.05, 0) is 32.0 Å². The van der Waals surface area contributed by atoms with Crippen LogP contribution in [-0.2, 0) is 16.6 Å². The lowest BCUT2D eigenvalue weighted by Gasteiger charge is -2.16. The van der Waals surface area contributed by atoms with Crippen molar-refractivity contribution in [2.24, 2.45) is 0 Å². The van der Waals surface area contributed by atoms with Gasteiger partial charge in [-0.1, -0.05) is 59.7 Å². The van der Waals surface area contributed by atoms with Crippen LogP contribution in [0, 0.1) is 13.8 Å². The molecule has 2 nitrogen and oxygen atoms in total. The maximum Gasteiger partial charge on any atom is 0.0486 e. The monoisotopic (exact) mass is 301 g/mol. The Morgan fingerprint density at radius 1 is 1.05 bits per heavy atom. The van der Waals surface area contributed by atoms with Gasteiger partial charge in [-0.3, -0.25) is 4.21 Å². The normalized spacial score (nSPS) is 13.9. The second-order valence-electron chi connectivity index (χ2n) is 5.49. The minimum absolute atomic E-state index is 0.135. The molecule has 3 heteroatoms. The minimum atomic E-state index is -0.878. The number of hydrogen-bond donors (Lipinski definition) is 1. The molecule has 0 aliphatic carbocycles. The van der Waals surface area contributed by atoms with Crippen LogP contribution in [0.1, 0.15) is 28.3 Å². The van der Waals surface area contributed by atoms with Gasteiger partial charge in [0, 0.05) is 28.3 Å². The highest BCUT2D eigenvalue weighted by Gasteiger charge is 2.13. The second-order valence-corrected chi connectivity index (χ2v) is 6.99. The van der Waals surface area contributed by atoms with E-state index in [0.29, 0.717) is 11.5 Å². The topological polar surface area (TPSA) is 29.1 Å². The molecular formula is C18H23NOS. The van der Waals surface area contributed by atoms with Gasteiger partial charge in [0.25, 0.3) is 0 Å². The maximum absolute atomic E-state index is 12.4. The third-order valence-electron chi connectivity index (χ3n) is 3.59. The molecule has 0 aromatic heterocycles. The molecule has 0 radical (unpaired) electrons. The molecule has 0 heterocycles. The van der Waals surface area contributed by atoms with Crippen LogP contribution in [-0.4, -0.2) is 17.0 Å². The van der Waals surface area contributed by atoms with E-state index in [1.54, 1.807) is 0 Å². The first-order valence-corrected chi connectivity index (χ1v) is 8.71. The van der Waals surface area contributed by atoms with Crippen molar-refractivity contribution in [1.29, 1.82) is 0 Å². The van der Waals surface area contributed by atoms with Crippen molar-refractivity contribution >= 4 is 10.8 Å². The van der Waals surface area contributed by atoms with Gasteiger partial charge in [0.2, 0.25) is 0 Å². The van der Waals surface area contributed by atoms with Gasteiger partial charge in [0.15, 0.2) is 0 Å². The lowest BCUT2D eigenvalue weighted by atomic mass is 10.1. The van der Waals surface area contributed by atoms with E-state index < -0.39 is 10.8 Å². The summed E-state index contributed by atoms with van der Waals surface area (Å²) in [4.78, 5) is 0. The van der Waals surface area contributed by atoms with Crippen LogP contribution >= 0.6 is 0 Å².